The van der Waals surface area contributed by atoms with Crippen molar-refractivity contribution >= 4 is 23.6 Å². The summed E-state index contributed by atoms with van der Waals surface area (Å²) in [5, 5.41) is 7.64. The van der Waals surface area contributed by atoms with Gasteiger partial charge in [-0.3, -0.25) is 0 Å². The molecule has 0 amide bonds. The van der Waals surface area contributed by atoms with Crippen LogP contribution in [0.2, 0.25) is 0 Å². The summed E-state index contributed by atoms with van der Waals surface area (Å²) in [5.41, 5.74) is 7.75. The standard InChI is InChI=1S/C17H19FN4S.C15H16.C2H6/c1-3-4-9-19-16-10-14(13-8-6-5-7-12(13)2)21-17-15(23-18)11-20-22(16)17;1-2-13-9-6-10-15(11-13)12-14-7-4-3-5-8-14;1-2/h5-8,10-11,19H,3-4,9H2,1-2H3;3-11H,2,12H2,1H3;1-2H3. The number of halogens is 1. The van der Waals surface area contributed by atoms with E-state index in [4.69, 9.17) is 0 Å². The summed E-state index contributed by atoms with van der Waals surface area (Å²) in [4.78, 5) is 5.06. The molecule has 0 radical (unpaired) electrons. The van der Waals surface area contributed by atoms with Gasteiger partial charge in [0.1, 0.15) is 10.7 Å². The van der Waals surface area contributed by atoms with Crippen LogP contribution in [0.3, 0.4) is 0 Å². The van der Waals surface area contributed by atoms with Gasteiger partial charge >= 0.3 is 0 Å². The third-order valence-corrected chi connectivity index (χ3v) is 6.88. The summed E-state index contributed by atoms with van der Waals surface area (Å²) in [7, 11) is 0. The van der Waals surface area contributed by atoms with E-state index in [1.165, 1.54) is 22.9 Å². The van der Waals surface area contributed by atoms with Gasteiger partial charge in [0.05, 0.1) is 24.0 Å². The molecule has 5 rings (SSSR count). The van der Waals surface area contributed by atoms with Crippen molar-refractivity contribution in [3.8, 4) is 11.3 Å². The maximum absolute atomic E-state index is 13.1. The van der Waals surface area contributed by atoms with Gasteiger partial charge in [-0.05, 0) is 48.4 Å². The van der Waals surface area contributed by atoms with Crippen LogP contribution in [0.4, 0.5) is 9.70 Å². The molecule has 3 aromatic carbocycles. The molecule has 0 bridgehead atoms. The number of hydrogen-bond acceptors (Lipinski definition) is 4. The van der Waals surface area contributed by atoms with Crippen LogP contribution in [-0.2, 0) is 12.8 Å². The second kappa shape index (κ2) is 16.5. The zero-order chi connectivity index (χ0) is 28.7. The number of unbranched alkanes of at least 4 members (excludes halogenated alkanes) is 1. The zero-order valence-corrected chi connectivity index (χ0v) is 25.1. The highest BCUT2D eigenvalue weighted by atomic mass is 32.2. The third-order valence-electron chi connectivity index (χ3n) is 6.43. The molecular weight excluding hydrogens is 515 g/mol. The largest absolute Gasteiger partial charge is 0.370 e. The van der Waals surface area contributed by atoms with E-state index in [-0.39, 0.29) is 12.1 Å². The maximum Gasteiger partial charge on any atom is 0.174 e. The average Bonchev–Trinajstić information content (AvgIpc) is 3.43. The van der Waals surface area contributed by atoms with Gasteiger partial charge in [0.2, 0.25) is 0 Å². The van der Waals surface area contributed by atoms with Gasteiger partial charge in [-0.1, -0.05) is 113 Å². The topological polar surface area (TPSA) is 42.2 Å². The molecule has 0 saturated carbocycles. The highest BCUT2D eigenvalue weighted by molar-refractivity contribution is 7.94. The van der Waals surface area contributed by atoms with Gasteiger partial charge in [0.15, 0.2) is 5.65 Å². The molecule has 0 fully saturated rings. The van der Waals surface area contributed by atoms with Crippen molar-refractivity contribution in [2.45, 2.75) is 65.2 Å². The Morgan fingerprint density at radius 1 is 0.850 bits per heavy atom. The van der Waals surface area contributed by atoms with Gasteiger partial charge in [0.25, 0.3) is 0 Å². The minimum absolute atomic E-state index is 0.176. The first-order valence-electron chi connectivity index (χ1n) is 14.2. The second-order valence-corrected chi connectivity index (χ2v) is 9.87. The normalized spacial score (nSPS) is 10.3. The van der Waals surface area contributed by atoms with Crippen molar-refractivity contribution in [3.63, 3.8) is 0 Å². The fraction of sp³-hybridized carbons (Fsp3) is 0.294. The summed E-state index contributed by atoms with van der Waals surface area (Å²) in [6.45, 7) is 11.2. The summed E-state index contributed by atoms with van der Waals surface area (Å²) in [6.07, 6.45) is 5.84. The van der Waals surface area contributed by atoms with E-state index in [2.05, 4.69) is 83.8 Å². The molecule has 5 aromatic rings. The lowest BCUT2D eigenvalue weighted by Gasteiger charge is -2.11. The quantitative estimate of drug-likeness (QED) is 0.184. The van der Waals surface area contributed by atoms with E-state index in [9.17, 15) is 3.89 Å². The number of rotatable bonds is 9. The number of nitrogens with zero attached hydrogens (tertiary/aromatic N) is 3. The van der Waals surface area contributed by atoms with Crippen molar-refractivity contribution < 1.29 is 3.89 Å². The van der Waals surface area contributed by atoms with Gasteiger partial charge in [0, 0.05) is 18.2 Å². The Balaban J connectivity index is 0.000000224. The molecule has 40 heavy (non-hydrogen) atoms. The Hall–Kier alpha value is -3.64. The number of benzene rings is 3. The summed E-state index contributed by atoms with van der Waals surface area (Å²) in [5.74, 6) is 0.835. The first kappa shape index (κ1) is 30.9. The molecule has 0 unspecified atom stereocenters. The van der Waals surface area contributed by atoms with Crippen LogP contribution >= 0.6 is 12.1 Å². The lowest BCUT2D eigenvalue weighted by molar-refractivity contribution is 0.820. The number of aryl methyl sites for hydroxylation is 2. The van der Waals surface area contributed by atoms with Crippen LogP contribution in [0, 0.1) is 6.92 Å². The van der Waals surface area contributed by atoms with E-state index >= 15 is 0 Å². The van der Waals surface area contributed by atoms with Crippen LogP contribution in [-0.4, -0.2) is 21.1 Å². The van der Waals surface area contributed by atoms with Gasteiger partial charge in [-0.2, -0.15) is 13.5 Å². The van der Waals surface area contributed by atoms with E-state index in [1.54, 1.807) is 4.52 Å². The predicted molar refractivity (Wildman–Crippen MR) is 170 cm³/mol. The monoisotopic (exact) mass is 556 g/mol. The molecule has 1 N–H and O–H groups in total. The minimum atomic E-state index is 0.176. The molecule has 4 nitrogen and oxygen atoms in total. The molecule has 0 saturated heterocycles. The Morgan fingerprint density at radius 2 is 1.55 bits per heavy atom. The number of hydrogen-bond donors (Lipinski definition) is 1. The predicted octanol–water partition coefficient (Wildman–Crippen LogP) is 9.76. The van der Waals surface area contributed by atoms with Gasteiger partial charge in [-0.25, -0.2) is 4.98 Å². The smallest absolute Gasteiger partial charge is 0.174 e. The van der Waals surface area contributed by atoms with Crippen LogP contribution in [0.5, 0.6) is 0 Å². The molecule has 0 aliphatic carbocycles. The molecule has 0 aliphatic rings. The Bertz CT molecular complexity index is 1450. The molecular formula is C34H41FN4S. The fourth-order valence-electron chi connectivity index (χ4n) is 4.31. The van der Waals surface area contributed by atoms with E-state index in [0.29, 0.717) is 10.5 Å². The van der Waals surface area contributed by atoms with Crippen molar-refractivity contribution in [3.05, 3.63) is 113 Å². The molecule has 210 valence electrons. The number of nitrogens with one attached hydrogen (secondary N) is 1. The Morgan fingerprint density at radius 3 is 2.25 bits per heavy atom. The molecule has 0 atom stereocenters. The minimum Gasteiger partial charge on any atom is -0.370 e. The molecule has 0 spiro atoms. The first-order valence-corrected chi connectivity index (χ1v) is 14.9. The first-order chi connectivity index (χ1) is 19.6. The summed E-state index contributed by atoms with van der Waals surface area (Å²) < 4.78 is 14.8. The maximum atomic E-state index is 13.1. The molecule has 2 aromatic heterocycles. The molecule has 6 heteroatoms. The second-order valence-electron chi connectivity index (χ2n) is 9.28. The highest BCUT2D eigenvalue weighted by Gasteiger charge is 2.14. The van der Waals surface area contributed by atoms with Crippen LogP contribution < -0.4 is 5.32 Å². The van der Waals surface area contributed by atoms with Crippen molar-refractivity contribution in [1.82, 2.24) is 14.6 Å². The number of aromatic nitrogens is 3. The highest BCUT2D eigenvalue weighted by Crippen LogP contribution is 2.30. The third kappa shape index (κ3) is 8.43. The Labute approximate surface area is 243 Å². The Kier molecular flexibility index (Phi) is 12.7. The van der Waals surface area contributed by atoms with E-state index in [1.807, 2.05) is 51.1 Å². The van der Waals surface area contributed by atoms with Crippen molar-refractivity contribution in [2.24, 2.45) is 0 Å². The lowest BCUT2D eigenvalue weighted by atomic mass is 10.0. The van der Waals surface area contributed by atoms with E-state index in [0.717, 1.165) is 54.9 Å². The number of anilines is 1. The lowest BCUT2D eigenvalue weighted by Crippen LogP contribution is -2.08. The summed E-state index contributed by atoms with van der Waals surface area (Å²) >= 11 is 0.176. The van der Waals surface area contributed by atoms with Gasteiger partial charge < -0.3 is 5.32 Å². The van der Waals surface area contributed by atoms with Crippen LogP contribution in [0.25, 0.3) is 16.9 Å². The molecule has 0 aliphatic heterocycles. The van der Waals surface area contributed by atoms with E-state index < -0.39 is 0 Å². The van der Waals surface area contributed by atoms with Crippen molar-refractivity contribution in [2.75, 3.05) is 11.9 Å². The van der Waals surface area contributed by atoms with Gasteiger partial charge in [-0.15, -0.1) is 0 Å². The average molecular weight is 557 g/mol. The SMILES string of the molecule is CC.CCCCNc1cc(-c2ccccc2C)nc2c(SF)cnn12.CCc1cccc(Cc2ccccc2)c1. The number of fused-ring (bicyclic) bond motifs is 1. The summed E-state index contributed by atoms with van der Waals surface area (Å²) in [6, 6.07) is 29.5. The van der Waals surface area contributed by atoms with Crippen LogP contribution in [0.1, 0.15) is 62.8 Å². The molecule has 2 heterocycles. The zero-order valence-electron chi connectivity index (χ0n) is 24.3. The fourth-order valence-corrected chi connectivity index (χ4v) is 4.59. The van der Waals surface area contributed by atoms with Crippen LogP contribution in [0.15, 0.2) is 96.0 Å². The van der Waals surface area contributed by atoms with Crippen molar-refractivity contribution in [1.29, 1.82) is 0 Å².